The largest absolute Gasteiger partial charge is 0.485 e. The van der Waals surface area contributed by atoms with Crippen LogP contribution in [-0.2, 0) is 18.6 Å². The molecule has 0 aliphatic heterocycles. The van der Waals surface area contributed by atoms with Crippen molar-refractivity contribution in [1.82, 2.24) is 4.98 Å². The van der Waals surface area contributed by atoms with Gasteiger partial charge in [0, 0.05) is 17.3 Å². The number of nitrogens with two attached hydrogens (primary N) is 1. The second-order valence-corrected chi connectivity index (χ2v) is 6.98. The molecule has 0 aliphatic rings. The average Bonchev–Trinajstić information content (AvgIpc) is 2.86. The number of halogens is 1. The summed E-state index contributed by atoms with van der Waals surface area (Å²) in [6, 6.07) is 5.60. The van der Waals surface area contributed by atoms with Crippen molar-refractivity contribution in [2.24, 2.45) is 5.73 Å². The van der Waals surface area contributed by atoms with Gasteiger partial charge in [-0.25, -0.2) is 4.98 Å². The van der Waals surface area contributed by atoms with Crippen LogP contribution in [0.5, 0.6) is 5.75 Å². The minimum absolute atomic E-state index is 0.0647. The molecule has 0 fully saturated rings. The van der Waals surface area contributed by atoms with Gasteiger partial charge in [0.25, 0.3) is 0 Å². The molecule has 1 heterocycles. The molecule has 3 nitrogen and oxygen atoms in total. The lowest BCUT2D eigenvalue weighted by atomic mass is 9.93. The Morgan fingerprint density at radius 3 is 2.65 bits per heavy atom. The van der Waals surface area contributed by atoms with Crippen LogP contribution in [0.25, 0.3) is 0 Å². The number of hydrogen-bond donors (Lipinski definition) is 1. The highest BCUT2D eigenvalue weighted by Crippen LogP contribution is 2.28. The number of hydrogen-bond acceptors (Lipinski definition) is 4. The summed E-state index contributed by atoms with van der Waals surface area (Å²) in [5.74, 6) is 0.663. The Morgan fingerprint density at radius 2 is 2.10 bits per heavy atom. The predicted molar refractivity (Wildman–Crippen MR) is 84.5 cm³/mol. The Hall–Kier alpha value is -1.10. The molecule has 0 spiro atoms. The van der Waals surface area contributed by atoms with Crippen LogP contribution in [0, 0.1) is 0 Å². The number of nitrogens with zero attached hydrogens (tertiary/aromatic N) is 1. The molecule has 5 heteroatoms. The lowest BCUT2D eigenvalue weighted by Gasteiger charge is -2.14. The van der Waals surface area contributed by atoms with Crippen molar-refractivity contribution in [3.63, 3.8) is 0 Å². The van der Waals surface area contributed by atoms with Crippen LogP contribution in [0.4, 0.5) is 0 Å². The molecule has 2 rings (SSSR count). The molecule has 0 saturated heterocycles. The monoisotopic (exact) mass is 310 g/mol. The molecule has 0 amide bonds. The fourth-order valence-electron chi connectivity index (χ4n) is 1.65. The van der Waals surface area contributed by atoms with Crippen LogP contribution in [-0.4, -0.2) is 4.98 Å². The first-order valence-corrected chi connectivity index (χ1v) is 7.72. The van der Waals surface area contributed by atoms with E-state index in [1.165, 1.54) is 0 Å². The highest BCUT2D eigenvalue weighted by atomic mass is 35.5. The van der Waals surface area contributed by atoms with E-state index in [2.05, 4.69) is 31.1 Å². The predicted octanol–water partition coefficient (Wildman–Crippen LogP) is 4.13. The van der Waals surface area contributed by atoms with Gasteiger partial charge in [0.15, 0.2) is 0 Å². The first-order chi connectivity index (χ1) is 9.40. The Labute approximate surface area is 128 Å². The molecule has 0 unspecified atom stereocenters. The summed E-state index contributed by atoms with van der Waals surface area (Å²) in [5, 5.41) is 3.62. The third-order valence-electron chi connectivity index (χ3n) is 2.90. The van der Waals surface area contributed by atoms with Crippen LogP contribution >= 0.6 is 22.9 Å². The van der Waals surface area contributed by atoms with E-state index >= 15 is 0 Å². The summed E-state index contributed by atoms with van der Waals surface area (Å²) in [4.78, 5) is 4.59. The molecule has 0 aliphatic carbocycles. The molecule has 1 aromatic heterocycles. The maximum absolute atomic E-state index is 6.15. The van der Waals surface area contributed by atoms with Gasteiger partial charge in [-0.15, -0.1) is 11.3 Å². The quantitative estimate of drug-likeness (QED) is 0.923. The van der Waals surface area contributed by atoms with Crippen LogP contribution in [0.2, 0.25) is 5.02 Å². The van der Waals surface area contributed by atoms with Crippen LogP contribution in [0.15, 0.2) is 23.6 Å². The van der Waals surface area contributed by atoms with Crippen LogP contribution in [0.1, 0.15) is 37.0 Å². The lowest BCUT2D eigenvalue weighted by Crippen LogP contribution is -2.11. The summed E-state index contributed by atoms with van der Waals surface area (Å²) in [7, 11) is 0. The molecular weight excluding hydrogens is 292 g/mol. The van der Waals surface area contributed by atoms with E-state index in [0.29, 0.717) is 23.9 Å². The maximum atomic E-state index is 6.15. The second kappa shape index (κ2) is 6.12. The SMILES string of the molecule is CC(C)(C)c1csc(COc2ccc(CN)cc2Cl)n1. The van der Waals surface area contributed by atoms with Crippen molar-refractivity contribution < 1.29 is 4.74 Å². The van der Waals surface area contributed by atoms with E-state index in [0.717, 1.165) is 16.3 Å². The van der Waals surface area contributed by atoms with E-state index < -0.39 is 0 Å². The third-order valence-corrected chi connectivity index (χ3v) is 4.02. The van der Waals surface area contributed by atoms with Gasteiger partial charge in [0.1, 0.15) is 17.4 Å². The molecular formula is C15H19ClN2OS. The minimum atomic E-state index is 0.0647. The number of thiazole rings is 1. The van der Waals surface area contributed by atoms with Crippen LogP contribution < -0.4 is 10.5 Å². The number of ether oxygens (including phenoxy) is 1. The summed E-state index contributed by atoms with van der Waals surface area (Å²) >= 11 is 7.76. The summed E-state index contributed by atoms with van der Waals surface area (Å²) < 4.78 is 5.72. The molecule has 2 aromatic rings. The van der Waals surface area contributed by atoms with Crippen molar-refractivity contribution in [3.05, 3.63) is 44.9 Å². The Kier molecular flexibility index (Phi) is 4.68. The average molecular weight is 311 g/mol. The molecule has 2 N–H and O–H groups in total. The van der Waals surface area contributed by atoms with Gasteiger partial charge in [0.05, 0.1) is 10.7 Å². The van der Waals surface area contributed by atoms with Crippen molar-refractivity contribution in [2.45, 2.75) is 39.3 Å². The van der Waals surface area contributed by atoms with Crippen molar-refractivity contribution in [1.29, 1.82) is 0 Å². The normalized spacial score (nSPS) is 11.7. The van der Waals surface area contributed by atoms with E-state index in [4.69, 9.17) is 22.1 Å². The highest BCUT2D eigenvalue weighted by molar-refractivity contribution is 7.09. The summed E-state index contributed by atoms with van der Waals surface area (Å²) in [6.45, 7) is 7.35. The molecule has 0 bridgehead atoms. The van der Waals surface area contributed by atoms with Gasteiger partial charge < -0.3 is 10.5 Å². The lowest BCUT2D eigenvalue weighted by molar-refractivity contribution is 0.305. The number of benzene rings is 1. The fourth-order valence-corrected chi connectivity index (χ4v) is 2.84. The van der Waals surface area contributed by atoms with Gasteiger partial charge in [-0.2, -0.15) is 0 Å². The molecule has 0 saturated carbocycles. The zero-order valence-electron chi connectivity index (χ0n) is 11.9. The minimum Gasteiger partial charge on any atom is -0.485 e. The van der Waals surface area contributed by atoms with Gasteiger partial charge >= 0.3 is 0 Å². The topological polar surface area (TPSA) is 48.1 Å². The maximum Gasteiger partial charge on any atom is 0.140 e. The van der Waals surface area contributed by atoms with Crippen molar-refractivity contribution in [3.8, 4) is 5.75 Å². The molecule has 108 valence electrons. The number of aromatic nitrogens is 1. The molecule has 0 atom stereocenters. The van der Waals surface area contributed by atoms with Gasteiger partial charge in [0.2, 0.25) is 0 Å². The van der Waals surface area contributed by atoms with E-state index in [1.807, 2.05) is 18.2 Å². The Morgan fingerprint density at radius 1 is 1.35 bits per heavy atom. The highest BCUT2D eigenvalue weighted by Gasteiger charge is 2.17. The van der Waals surface area contributed by atoms with Gasteiger partial charge in [-0.05, 0) is 17.7 Å². The molecule has 1 aromatic carbocycles. The fraction of sp³-hybridized carbons (Fsp3) is 0.400. The first kappa shape index (κ1) is 15.3. The Balaban J connectivity index is 2.04. The van der Waals surface area contributed by atoms with E-state index in [-0.39, 0.29) is 5.41 Å². The van der Waals surface area contributed by atoms with Crippen molar-refractivity contribution >= 4 is 22.9 Å². The molecule has 0 radical (unpaired) electrons. The Bertz CT molecular complexity index is 590. The number of rotatable bonds is 4. The summed E-state index contributed by atoms with van der Waals surface area (Å²) in [5.41, 5.74) is 7.71. The first-order valence-electron chi connectivity index (χ1n) is 6.46. The van der Waals surface area contributed by atoms with Gasteiger partial charge in [-0.3, -0.25) is 0 Å². The van der Waals surface area contributed by atoms with Gasteiger partial charge in [-0.1, -0.05) is 38.4 Å². The van der Waals surface area contributed by atoms with E-state index in [1.54, 1.807) is 11.3 Å². The summed E-state index contributed by atoms with van der Waals surface area (Å²) in [6.07, 6.45) is 0. The molecule has 20 heavy (non-hydrogen) atoms. The standard InChI is InChI=1S/C15H19ClN2OS/c1-15(2,3)13-9-20-14(18-13)8-19-12-5-4-10(7-17)6-11(12)16/h4-6,9H,7-8,17H2,1-3H3. The zero-order chi connectivity index (χ0) is 14.8. The van der Waals surface area contributed by atoms with Crippen molar-refractivity contribution in [2.75, 3.05) is 0 Å². The second-order valence-electron chi connectivity index (χ2n) is 5.63. The smallest absolute Gasteiger partial charge is 0.140 e. The zero-order valence-corrected chi connectivity index (χ0v) is 13.5. The third kappa shape index (κ3) is 3.72. The van der Waals surface area contributed by atoms with Crippen LogP contribution in [0.3, 0.4) is 0 Å². The van der Waals surface area contributed by atoms with E-state index in [9.17, 15) is 0 Å².